The van der Waals surface area contributed by atoms with Crippen LogP contribution in [0.1, 0.15) is 38.9 Å². The van der Waals surface area contributed by atoms with Gasteiger partial charge >= 0.3 is 0 Å². The molecule has 6 nitrogen and oxygen atoms in total. The minimum absolute atomic E-state index is 0.269. The van der Waals surface area contributed by atoms with E-state index in [0.717, 1.165) is 25.4 Å². The van der Waals surface area contributed by atoms with Crippen molar-refractivity contribution >= 4 is 0 Å². The second-order valence-corrected chi connectivity index (χ2v) is 4.80. The maximum atomic E-state index is 5.70. The molecule has 17 heavy (non-hydrogen) atoms. The summed E-state index contributed by atoms with van der Waals surface area (Å²) in [7, 11) is 0. The Bertz CT molecular complexity index is 332. The van der Waals surface area contributed by atoms with Crippen LogP contribution in [0, 0.1) is 0 Å². The van der Waals surface area contributed by atoms with Crippen molar-refractivity contribution in [2.45, 2.75) is 58.3 Å². The van der Waals surface area contributed by atoms with E-state index in [1.54, 1.807) is 0 Å². The van der Waals surface area contributed by atoms with E-state index in [0.29, 0.717) is 12.6 Å². The molecule has 1 aromatic rings. The standard InChI is InChI=1S/C11H21N5O/c1-9(2)12-7-11-13-14-15-16(11)8-10-5-3-4-6-17-10/h9-10,12H,3-8H2,1-2H3. The van der Waals surface area contributed by atoms with Crippen molar-refractivity contribution in [3.8, 4) is 0 Å². The molecule has 0 amide bonds. The van der Waals surface area contributed by atoms with Gasteiger partial charge < -0.3 is 10.1 Å². The Morgan fingerprint density at radius 1 is 1.47 bits per heavy atom. The van der Waals surface area contributed by atoms with Crippen LogP contribution in [-0.4, -0.2) is 39.0 Å². The first-order chi connectivity index (χ1) is 8.25. The van der Waals surface area contributed by atoms with Gasteiger partial charge in [-0.15, -0.1) is 5.10 Å². The molecule has 0 radical (unpaired) electrons. The molecule has 1 saturated heterocycles. The van der Waals surface area contributed by atoms with Crippen LogP contribution in [0.5, 0.6) is 0 Å². The highest BCUT2D eigenvalue weighted by Gasteiger charge is 2.17. The topological polar surface area (TPSA) is 64.9 Å². The van der Waals surface area contributed by atoms with Gasteiger partial charge in [0.15, 0.2) is 5.82 Å². The third-order valence-electron chi connectivity index (χ3n) is 2.93. The van der Waals surface area contributed by atoms with Crippen LogP contribution in [0.2, 0.25) is 0 Å². The molecule has 1 aliphatic heterocycles. The first kappa shape index (κ1) is 12.4. The van der Waals surface area contributed by atoms with Crippen LogP contribution in [0.25, 0.3) is 0 Å². The number of tetrazole rings is 1. The van der Waals surface area contributed by atoms with Crippen LogP contribution in [0.15, 0.2) is 0 Å². The molecule has 0 aromatic carbocycles. The summed E-state index contributed by atoms with van der Waals surface area (Å²) in [5, 5.41) is 15.1. The summed E-state index contributed by atoms with van der Waals surface area (Å²) in [5.41, 5.74) is 0. The quantitative estimate of drug-likeness (QED) is 0.821. The van der Waals surface area contributed by atoms with Crippen LogP contribution in [-0.2, 0) is 17.8 Å². The van der Waals surface area contributed by atoms with Crippen molar-refractivity contribution < 1.29 is 4.74 Å². The number of ether oxygens (including phenoxy) is 1. The third-order valence-corrected chi connectivity index (χ3v) is 2.93. The predicted octanol–water partition coefficient (Wildman–Crippen LogP) is 0.740. The van der Waals surface area contributed by atoms with Crippen molar-refractivity contribution in [1.29, 1.82) is 0 Å². The van der Waals surface area contributed by atoms with Gasteiger partial charge in [0.2, 0.25) is 0 Å². The zero-order valence-corrected chi connectivity index (χ0v) is 10.6. The Hall–Kier alpha value is -1.01. The average Bonchev–Trinajstić information content (AvgIpc) is 2.75. The van der Waals surface area contributed by atoms with Gasteiger partial charge in [-0.25, -0.2) is 4.68 Å². The number of aromatic nitrogens is 4. The molecule has 6 heteroatoms. The molecule has 1 unspecified atom stereocenters. The van der Waals surface area contributed by atoms with E-state index in [-0.39, 0.29) is 6.10 Å². The number of hydrogen-bond acceptors (Lipinski definition) is 5. The third kappa shape index (κ3) is 3.74. The average molecular weight is 239 g/mol. The molecule has 0 aliphatic carbocycles. The first-order valence-corrected chi connectivity index (χ1v) is 6.35. The lowest BCUT2D eigenvalue weighted by Crippen LogP contribution is -2.28. The van der Waals surface area contributed by atoms with E-state index < -0.39 is 0 Å². The van der Waals surface area contributed by atoms with Gasteiger partial charge in [-0.1, -0.05) is 13.8 Å². The first-order valence-electron chi connectivity index (χ1n) is 6.35. The number of hydrogen-bond donors (Lipinski definition) is 1. The lowest BCUT2D eigenvalue weighted by atomic mass is 10.1. The van der Waals surface area contributed by atoms with E-state index in [1.165, 1.54) is 12.8 Å². The Morgan fingerprint density at radius 2 is 2.35 bits per heavy atom. The van der Waals surface area contributed by atoms with E-state index in [4.69, 9.17) is 4.74 Å². The van der Waals surface area contributed by atoms with Crippen LogP contribution >= 0.6 is 0 Å². The minimum Gasteiger partial charge on any atom is -0.376 e. The van der Waals surface area contributed by atoms with Gasteiger partial charge in [-0.3, -0.25) is 0 Å². The summed E-state index contributed by atoms with van der Waals surface area (Å²) in [4.78, 5) is 0. The summed E-state index contributed by atoms with van der Waals surface area (Å²) in [5.74, 6) is 0.882. The molecular formula is C11H21N5O. The van der Waals surface area contributed by atoms with Gasteiger partial charge in [-0.05, 0) is 29.7 Å². The maximum absolute atomic E-state index is 5.70. The minimum atomic E-state index is 0.269. The summed E-state index contributed by atoms with van der Waals surface area (Å²) in [6.07, 6.45) is 3.79. The van der Waals surface area contributed by atoms with E-state index in [2.05, 4.69) is 34.7 Å². The van der Waals surface area contributed by atoms with Gasteiger partial charge in [0.25, 0.3) is 0 Å². The number of rotatable bonds is 5. The SMILES string of the molecule is CC(C)NCc1nnnn1CC1CCCCO1. The fourth-order valence-electron chi connectivity index (χ4n) is 1.93. The smallest absolute Gasteiger partial charge is 0.165 e. The molecule has 0 bridgehead atoms. The van der Waals surface area contributed by atoms with Crippen molar-refractivity contribution in [3.63, 3.8) is 0 Å². The highest BCUT2D eigenvalue weighted by molar-refractivity contribution is 4.82. The molecule has 1 aromatic heterocycles. The molecule has 0 spiro atoms. The molecular weight excluding hydrogens is 218 g/mol. The van der Waals surface area contributed by atoms with Crippen molar-refractivity contribution in [1.82, 2.24) is 25.5 Å². The lowest BCUT2D eigenvalue weighted by Gasteiger charge is -2.22. The van der Waals surface area contributed by atoms with Gasteiger partial charge in [-0.2, -0.15) is 0 Å². The molecule has 1 aliphatic rings. The van der Waals surface area contributed by atoms with E-state index in [9.17, 15) is 0 Å². The summed E-state index contributed by atoms with van der Waals surface area (Å²) in [6, 6.07) is 0.436. The normalized spacial score (nSPS) is 21.0. The Morgan fingerprint density at radius 3 is 3.06 bits per heavy atom. The van der Waals surface area contributed by atoms with Crippen molar-refractivity contribution in [2.24, 2.45) is 0 Å². The second kappa shape index (κ2) is 6.07. The molecule has 1 fully saturated rings. The summed E-state index contributed by atoms with van der Waals surface area (Å²) >= 11 is 0. The van der Waals surface area contributed by atoms with E-state index in [1.807, 2.05) is 4.68 Å². The van der Waals surface area contributed by atoms with Crippen LogP contribution < -0.4 is 5.32 Å². The van der Waals surface area contributed by atoms with Gasteiger partial charge in [0, 0.05) is 12.6 Å². The molecule has 96 valence electrons. The van der Waals surface area contributed by atoms with E-state index >= 15 is 0 Å². The molecule has 0 saturated carbocycles. The Balaban J connectivity index is 1.88. The summed E-state index contributed by atoms with van der Waals surface area (Å²) < 4.78 is 7.55. The monoisotopic (exact) mass is 239 g/mol. The van der Waals surface area contributed by atoms with Crippen molar-refractivity contribution in [2.75, 3.05) is 6.61 Å². The second-order valence-electron chi connectivity index (χ2n) is 4.80. The highest BCUT2D eigenvalue weighted by atomic mass is 16.5. The predicted molar refractivity (Wildman–Crippen MR) is 63.4 cm³/mol. The number of nitrogens with zero attached hydrogens (tertiary/aromatic N) is 4. The Labute approximate surface area is 102 Å². The van der Waals surface area contributed by atoms with Crippen LogP contribution in [0.4, 0.5) is 0 Å². The molecule has 1 atom stereocenters. The van der Waals surface area contributed by atoms with Crippen molar-refractivity contribution in [3.05, 3.63) is 5.82 Å². The highest BCUT2D eigenvalue weighted by Crippen LogP contribution is 2.14. The maximum Gasteiger partial charge on any atom is 0.165 e. The fraction of sp³-hybridized carbons (Fsp3) is 0.909. The molecule has 2 heterocycles. The van der Waals surface area contributed by atoms with Gasteiger partial charge in [0.05, 0.1) is 19.2 Å². The summed E-state index contributed by atoms with van der Waals surface area (Å²) in [6.45, 7) is 6.56. The zero-order valence-electron chi connectivity index (χ0n) is 10.6. The Kier molecular flexibility index (Phi) is 4.44. The lowest BCUT2D eigenvalue weighted by molar-refractivity contribution is 0.00313. The van der Waals surface area contributed by atoms with Crippen LogP contribution in [0.3, 0.4) is 0 Å². The largest absolute Gasteiger partial charge is 0.376 e. The van der Waals surface area contributed by atoms with Gasteiger partial charge in [0.1, 0.15) is 0 Å². The fourth-order valence-corrected chi connectivity index (χ4v) is 1.93. The zero-order chi connectivity index (χ0) is 12.1. The molecule has 2 rings (SSSR count). The molecule has 1 N–H and O–H groups in total. The number of nitrogens with one attached hydrogen (secondary N) is 1.